The predicted molar refractivity (Wildman–Crippen MR) is 117 cm³/mol. The smallest absolute Gasteiger partial charge is 0.238 e. The molecule has 1 aliphatic heterocycles. The molecule has 0 radical (unpaired) electrons. The van der Waals surface area contributed by atoms with Gasteiger partial charge in [0.05, 0.1) is 19.7 Å². The molecular weight excluding hydrogens is 360 g/mol. The molecule has 0 aliphatic carbocycles. The minimum atomic E-state index is 0.0308. The van der Waals surface area contributed by atoms with Crippen molar-refractivity contribution in [3.05, 3.63) is 83.9 Å². The van der Waals surface area contributed by atoms with Crippen LogP contribution in [0.4, 0.5) is 5.69 Å². The number of anilines is 1. The molecular formula is C25H26N2O2. The van der Waals surface area contributed by atoms with E-state index in [1.54, 1.807) is 7.11 Å². The summed E-state index contributed by atoms with van der Waals surface area (Å²) in [5.74, 6) is 0.877. The number of hydrogen-bond donors (Lipinski definition) is 1. The minimum Gasteiger partial charge on any atom is -0.497 e. The second kappa shape index (κ2) is 8.50. The molecule has 1 aliphatic rings. The van der Waals surface area contributed by atoms with Crippen LogP contribution in [0.25, 0.3) is 11.1 Å². The van der Waals surface area contributed by atoms with Crippen LogP contribution in [-0.4, -0.2) is 31.0 Å². The third-order valence-electron chi connectivity index (χ3n) is 5.38. The highest BCUT2D eigenvalue weighted by Crippen LogP contribution is 2.38. The van der Waals surface area contributed by atoms with Crippen LogP contribution in [0, 0.1) is 0 Å². The second-order valence-electron chi connectivity index (χ2n) is 7.36. The van der Waals surface area contributed by atoms with E-state index in [0.717, 1.165) is 41.1 Å². The Morgan fingerprint density at radius 2 is 1.72 bits per heavy atom. The molecule has 0 saturated heterocycles. The first-order chi connectivity index (χ1) is 14.2. The normalized spacial score (nSPS) is 16.6. The maximum atomic E-state index is 12.6. The third kappa shape index (κ3) is 4.03. The summed E-state index contributed by atoms with van der Waals surface area (Å²) in [6.07, 6.45) is 0.990. The Labute approximate surface area is 172 Å². The number of amides is 1. The van der Waals surface area contributed by atoms with E-state index in [1.807, 2.05) is 24.3 Å². The van der Waals surface area contributed by atoms with Crippen molar-refractivity contribution in [1.29, 1.82) is 0 Å². The molecule has 4 heteroatoms. The average molecular weight is 386 g/mol. The van der Waals surface area contributed by atoms with Crippen LogP contribution < -0.4 is 10.1 Å². The molecule has 1 amide bonds. The maximum Gasteiger partial charge on any atom is 0.238 e. The van der Waals surface area contributed by atoms with Crippen molar-refractivity contribution in [3.63, 3.8) is 0 Å². The van der Waals surface area contributed by atoms with Gasteiger partial charge in [-0.2, -0.15) is 0 Å². The lowest BCUT2D eigenvalue weighted by molar-refractivity contribution is -0.117. The van der Waals surface area contributed by atoms with Gasteiger partial charge in [0.25, 0.3) is 0 Å². The van der Waals surface area contributed by atoms with Gasteiger partial charge in [0.15, 0.2) is 0 Å². The van der Waals surface area contributed by atoms with Crippen molar-refractivity contribution in [2.45, 2.75) is 19.4 Å². The lowest BCUT2D eigenvalue weighted by Crippen LogP contribution is -2.34. The van der Waals surface area contributed by atoms with Crippen molar-refractivity contribution in [3.8, 4) is 16.9 Å². The van der Waals surface area contributed by atoms with Gasteiger partial charge < -0.3 is 10.1 Å². The maximum absolute atomic E-state index is 12.6. The number of carbonyl (C=O) groups excluding carboxylic acids is 1. The van der Waals surface area contributed by atoms with Gasteiger partial charge in [-0.1, -0.05) is 55.5 Å². The minimum absolute atomic E-state index is 0.0308. The van der Waals surface area contributed by atoms with Gasteiger partial charge in [0, 0.05) is 5.69 Å². The number of fused-ring (bicyclic) bond motifs is 1. The van der Waals surface area contributed by atoms with Gasteiger partial charge in [-0.05, 0) is 59.5 Å². The molecule has 4 rings (SSSR count). The number of benzene rings is 3. The lowest BCUT2D eigenvalue weighted by Gasteiger charge is -2.30. The summed E-state index contributed by atoms with van der Waals surface area (Å²) >= 11 is 0. The van der Waals surface area contributed by atoms with E-state index >= 15 is 0 Å². The average Bonchev–Trinajstić information content (AvgIpc) is 2.89. The van der Waals surface area contributed by atoms with E-state index in [9.17, 15) is 4.79 Å². The van der Waals surface area contributed by atoms with Crippen LogP contribution in [-0.2, 0) is 4.79 Å². The fraction of sp³-hybridized carbons (Fsp3) is 0.240. The summed E-state index contributed by atoms with van der Waals surface area (Å²) in [4.78, 5) is 14.8. The summed E-state index contributed by atoms with van der Waals surface area (Å²) < 4.78 is 5.29. The van der Waals surface area contributed by atoms with Gasteiger partial charge in [0.2, 0.25) is 5.91 Å². The third-order valence-corrected chi connectivity index (χ3v) is 5.38. The van der Waals surface area contributed by atoms with Crippen molar-refractivity contribution in [2.75, 3.05) is 25.5 Å². The van der Waals surface area contributed by atoms with Crippen LogP contribution in [0.15, 0.2) is 72.8 Å². The highest BCUT2D eigenvalue weighted by Gasteiger charge is 2.29. The largest absolute Gasteiger partial charge is 0.497 e. The fourth-order valence-electron chi connectivity index (χ4n) is 4.05. The molecule has 0 fully saturated rings. The summed E-state index contributed by atoms with van der Waals surface area (Å²) in [6, 6.07) is 24.9. The summed E-state index contributed by atoms with van der Waals surface area (Å²) in [5.41, 5.74) is 5.46. The number of hydrogen-bond acceptors (Lipinski definition) is 3. The van der Waals surface area contributed by atoms with Crippen molar-refractivity contribution >= 4 is 11.6 Å². The van der Waals surface area contributed by atoms with Gasteiger partial charge in [-0.3, -0.25) is 9.69 Å². The first kappa shape index (κ1) is 19.2. The van der Waals surface area contributed by atoms with Gasteiger partial charge >= 0.3 is 0 Å². The Morgan fingerprint density at radius 3 is 2.41 bits per heavy atom. The number of methoxy groups -OCH3 is 1. The van der Waals surface area contributed by atoms with Gasteiger partial charge in [0.1, 0.15) is 5.75 Å². The van der Waals surface area contributed by atoms with Crippen molar-refractivity contribution in [2.24, 2.45) is 0 Å². The van der Waals surface area contributed by atoms with Crippen molar-refractivity contribution in [1.82, 2.24) is 4.90 Å². The molecule has 4 nitrogen and oxygen atoms in total. The summed E-state index contributed by atoms with van der Waals surface area (Å²) in [5, 5.41) is 3.11. The number of nitrogens with zero attached hydrogens (tertiary/aromatic N) is 1. The molecule has 1 unspecified atom stereocenters. The van der Waals surface area contributed by atoms with E-state index in [-0.39, 0.29) is 11.9 Å². The van der Waals surface area contributed by atoms with Gasteiger partial charge in [-0.25, -0.2) is 0 Å². The molecule has 1 atom stereocenters. The predicted octanol–water partition coefficient (Wildman–Crippen LogP) is 5.12. The van der Waals surface area contributed by atoms with E-state index in [0.29, 0.717) is 6.54 Å². The number of carbonyl (C=O) groups is 1. The molecule has 3 aromatic rings. The van der Waals surface area contributed by atoms with E-state index in [4.69, 9.17) is 4.74 Å². The zero-order chi connectivity index (χ0) is 20.2. The SMILES string of the molecule is CCCN1CC(=O)Nc2ccc(-c3ccc(OC)cc3)cc2C1c1ccccc1. The van der Waals surface area contributed by atoms with E-state index in [1.165, 1.54) is 5.56 Å². The van der Waals surface area contributed by atoms with E-state index in [2.05, 4.69) is 65.7 Å². The van der Waals surface area contributed by atoms with Crippen molar-refractivity contribution < 1.29 is 9.53 Å². The fourth-order valence-corrected chi connectivity index (χ4v) is 4.05. The first-order valence-corrected chi connectivity index (χ1v) is 10.1. The van der Waals surface area contributed by atoms with Crippen LogP contribution in [0.1, 0.15) is 30.5 Å². The Balaban J connectivity index is 1.84. The first-order valence-electron chi connectivity index (χ1n) is 10.1. The molecule has 0 saturated carbocycles. The zero-order valence-electron chi connectivity index (χ0n) is 16.9. The molecule has 1 heterocycles. The summed E-state index contributed by atoms with van der Waals surface area (Å²) in [7, 11) is 1.67. The van der Waals surface area contributed by atoms with Gasteiger partial charge in [-0.15, -0.1) is 0 Å². The monoisotopic (exact) mass is 386 g/mol. The highest BCUT2D eigenvalue weighted by molar-refractivity contribution is 5.94. The van der Waals surface area contributed by atoms with Crippen LogP contribution >= 0.6 is 0 Å². The van der Waals surface area contributed by atoms with E-state index < -0.39 is 0 Å². The second-order valence-corrected chi connectivity index (χ2v) is 7.36. The number of ether oxygens (including phenoxy) is 1. The van der Waals surface area contributed by atoms with Crippen LogP contribution in [0.2, 0.25) is 0 Å². The molecule has 0 aromatic heterocycles. The Kier molecular flexibility index (Phi) is 5.63. The topological polar surface area (TPSA) is 41.6 Å². The Hall–Kier alpha value is -3.11. The number of rotatable bonds is 5. The summed E-state index contributed by atoms with van der Waals surface area (Å²) in [6.45, 7) is 3.40. The van der Waals surface area contributed by atoms with Crippen LogP contribution in [0.5, 0.6) is 5.75 Å². The quantitative estimate of drug-likeness (QED) is 0.662. The molecule has 29 heavy (non-hydrogen) atoms. The molecule has 1 N–H and O–H groups in total. The molecule has 3 aromatic carbocycles. The van der Waals surface area contributed by atoms with Crippen LogP contribution in [0.3, 0.4) is 0 Å². The Bertz CT molecular complexity index is 983. The lowest BCUT2D eigenvalue weighted by atomic mass is 9.92. The standard InChI is InChI=1S/C25H26N2O2/c1-3-15-27-17-24(28)26-23-14-11-20(18-9-12-21(29-2)13-10-18)16-22(23)25(27)19-7-5-4-6-8-19/h4-14,16,25H,3,15,17H2,1-2H3,(H,26,28). The molecule has 148 valence electrons. The molecule has 0 spiro atoms. The zero-order valence-corrected chi connectivity index (χ0v) is 16.9. The number of nitrogens with one attached hydrogen (secondary N) is 1. The Morgan fingerprint density at radius 1 is 1.00 bits per heavy atom. The molecule has 0 bridgehead atoms. The highest BCUT2D eigenvalue weighted by atomic mass is 16.5.